The average molecular weight is 1040 g/mol. The molecule has 9 atom stereocenters. The first kappa shape index (κ1) is 63.8. The molecule has 0 aliphatic carbocycles. The van der Waals surface area contributed by atoms with Gasteiger partial charge in [0.1, 0.15) is 36.9 Å². The van der Waals surface area contributed by atoms with Crippen molar-refractivity contribution in [3.05, 3.63) is 58.1 Å². The normalized spacial score (nSPS) is 25.5. The number of benzene rings is 1. The van der Waals surface area contributed by atoms with Gasteiger partial charge in [0.05, 0.1) is 12.6 Å². The molecule has 19 heteroatoms. The van der Waals surface area contributed by atoms with Crippen molar-refractivity contribution in [2.24, 2.45) is 17.8 Å². The average Bonchev–Trinajstić information content (AvgIpc) is 3.35. The van der Waals surface area contributed by atoms with Crippen molar-refractivity contribution >= 4 is 59.0 Å². The Kier molecular flexibility index (Phi) is 28.0. The number of rotatable bonds is 17. The van der Waals surface area contributed by atoms with E-state index in [1.807, 2.05) is 27.8 Å². The van der Waals surface area contributed by atoms with E-state index in [-0.39, 0.29) is 43.3 Å². The molecule has 0 saturated heterocycles. The Labute approximate surface area is 439 Å². The highest BCUT2D eigenvalue weighted by molar-refractivity contribution is 6.30. The number of allylic oxidation sites excluding steroid dienone is 1. The van der Waals surface area contributed by atoms with Gasteiger partial charge in [-0.05, 0) is 109 Å². The predicted molar refractivity (Wildman–Crippen MR) is 282 cm³/mol. The highest BCUT2D eigenvalue weighted by atomic mass is 35.5. The molecule has 1 aromatic carbocycles. The third kappa shape index (κ3) is 21.2. The number of nitrogens with zero attached hydrogens (tertiary/aromatic N) is 3. The summed E-state index contributed by atoms with van der Waals surface area (Å²) >= 11 is 6.16. The smallest absolute Gasteiger partial charge is 0.334 e. The van der Waals surface area contributed by atoms with Crippen LogP contribution in [0, 0.1) is 17.8 Å². The standard InChI is InChI=1S/C54H86ClN7O11/c1-15-34(5)47-50(66)58-39(10)54(70)73-48(35(6)16-2)37(8)43(71-32-46(64)60(12)28-20-18-17-19-27-56-11)26-21-36(7)53(69)72-44(29-33(3)4)49(65)57-38(9)51(67)62(14)42(30-40-22-24-41(55)25-23-40)52(68)61(13)31-45(63)59-47/h16,21-25,33-34,37-39,42-44,47-48,56H,15,17-20,26-32H2,1-14H3,(H,57,65)(H,58,66)(H,59,63)/b35-16+,36-21+/t34?,37-,38-,39+,42+,43-,44+,47-,48+/m0/s1. The number of cyclic esters (lactones) is 2. The van der Waals surface area contributed by atoms with Gasteiger partial charge in [-0.25, -0.2) is 9.59 Å². The maximum Gasteiger partial charge on any atom is 0.334 e. The number of amides is 6. The van der Waals surface area contributed by atoms with Crippen molar-refractivity contribution in [3.63, 3.8) is 0 Å². The molecule has 0 bridgehead atoms. The summed E-state index contributed by atoms with van der Waals surface area (Å²) in [5.41, 5.74) is 1.45. The van der Waals surface area contributed by atoms with Gasteiger partial charge >= 0.3 is 11.9 Å². The second-order valence-corrected chi connectivity index (χ2v) is 20.4. The van der Waals surface area contributed by atoms with Crippen LogP contribution in [0.5, 0.6) is 0 Å². The third-order valence-corrected chi connectivity index (χ3v) is 13.6. The first-order chi connectivity index (χ1) is 34.4. The summed E-state index contributed by atoms with van der Waals surface area (Å²) in [5, 5.41) is 11.7. The van der Waals surface area contributed by atoms with Gasteiger partial charge in [-0.2, -0.15) is 0 Å². The molecule has 0 radical (unpaired) electrons. The Bertz CT molecular complexity index is 2060. The van der Waals surface area contributed by atoms with Gasteiger partial charge in [-0.3, -0.25) is 28.8 Å². The zero-order chi connectivity index (χ0) is 55.1. The van der Waals surface area contributed by atoms with Gasteiger partial charge in [0.15, 0.2) is 6.10 Å². The van der Waals surface area contributed by atoms with E-state index in [9.17, 15) is 38.4 Å². The molecule has 1 aliphatic heterocycles. The molecule has 0 spiro atoms. The highest BCUT2D eigenvalue weighted by Crippen LogP contribution is 2.26. The Morgan fingerprint density at radius 2 is 1.55 bits per heavy atom. The van der Waals surface area contributed by atoms with Crippen molar-refractivity contribution in [1.29, 1.82) is 0 Å². The van der Waals surface area contributed by atoms with Crippen molar-refractivity contribution in [3.8, 4) is 0 Å². The zero-order valence-corrected chi connectivity index (χ0v) is 46.7. The lowest BCUT2D eigenvalue weighted by Crippen LogP contribution is -2.57. The summed E-state index contributed by atoms with van der Waals surface area (Å²) in [7, 11) is 6.45. The second-order valence-electron chi connectivity index (χ2n) is 20.0. The molecule has 4 N–H and O–H groups in total. The summed E-state index contributed by atoms with van der Waals surface area (Å²) in [4.78, 5) is 115. The molecule has 0 fully saturated rings. The zero-order valence-electron chi connectivity index (χ0n) is 45.9. The molecule has 73 heavy (non-hydrogen) atoms. The molecule has 410 valence electrons. The number of likely N-dealkylation sites (N-methyl/N-ethyl adjacent to an activating group) is 3. The first-order valence-corrected chi connectivity index (χ1v) is 26.1. The Balaban J connectivity index is 2.68. The number of nitrogens with one attached hydrogen (secondary N) is 4. The van der Waals surface area contributed by atoms with Crippen LogP contribution in [-0.2, 0) is 59.0 Å². The lowest BCUT2D eigenvalue weighted by molar-refractivity contribution is -0.157. The van der Waals surface area contributed by atoms with Crippen LogP contribution in [-0.4, -0.2) is 159 Å². The van der Waals surface area contributed by atoms with Crippen LogP contribution in [0.4, 0.5) is 0 Å². The molecule has 6 amide bonds. The third-order valence-electron chi connectivity index (χ3n) is 13.4. The van der Waals surface area contributed by atoms with E-state index >= 15 is 0 Å². The van der Waals surface area contributed by atoms with Crippen LogP contribution >= 0.6 is 11.6 Å². The summed E-state index contributed by atoms with van der Waals surface area (Å²) < 4.78 is 18.3. The van der Waals surface area contributed by atoms with Gasteiger partial charge in [0.2, 0.25) is 29.5 Å². The van der Waals surface area contributed by atoms with E-state index in [2.05, 4.69) is 21.3 Å². The number of hydrogen-bond donors (Lipinski definition) is 4. The minimum absolute atomic E-state index is 0.0139. The quantitative estimate of drug-likeness (QED) is 0.0904. The van der Waals surface area contributed by atoms with E-state index in [1.54, 1.807) is 76.1 Å². The molecule has 1 aromatic rings. The van der Waals surface area contributed by atoms with E-state index in [4.69, 9.17) is 25.8 Å². The molecule has 18 nitrogen and oxygen atoms in total. The van der Waals surface area contributed by atoms with Crippen LogP contribution in [0.2, 0.25) is 5.02 Å². The van der Waals surface area contributed by atoms with Gasteiger partial charge in [-0.15, -0.1) is 0 Å². The fourth-order valence-electron chi connectivity index (χ4n) is 8.18. The summed E-state index contributed by atoms with van der Waals surface area (Å²) in [5.74, 6) is -6.28. The summed E-state index contributed by atoms with van der Waals surface area (Å²) in [6, 6.07) is 2.04. The summed E-state index contributed by atoms with van der Waals surface area (Å²) in [6.07, 6.45) is 4.83. The van der Waals surface area contributed by atoms with Crippen LogP contribution < -0.4 is 21.3 Å². The van der Waals surface area contributed by atoms with Crippen molar-refractivity contribution < 1.29 is 52.6 Å². The van der Waals surface area contributed by atoms with Crippen LogP contribution in [0.25, 0.3) is 0 Å². The maximum absolute atomic E-state index is 14.3. The molecule has 0 aromatic heterocycles. The van der Waals surface area contributed by atoms with Crippen molar-refractivity contribution in [1.82, 2.24) is 36.0 Å². The van der Waals surface area contributed by atoms with E-state index in [0.717, 1.165) is 37.1 Å². The van der Waals surface area contributed by atoms with Gasteiger partial charge < -0.3 is 50.2 Å². The SMILES string of the molecule is C/C=C(\C)[C@H]1OC(=O)[C@@H](C)NC(=O)[C@H](C(C)CC)NC(=O)CN(C)C(=O)[C@@H](Cc2ccc(Cl)cc2)N(C)C(=O)[C@H](C)NC(=O)[C@@H](CC(C)C)OC(=O)/C(C)=C/C[C@H](OCC(=O)N(C)CCCCCCNC)[C@@H]1C. The Hall–Kier alpha value is -5.33. The van der Waals surface area contributed by atoms with Crippen LogP contribution in [0.3, 0.4) is 0 Å². The lowest BCUT2D eigenvalue weighted by atomic mass is 9.90. The minimum atomic E-state index is -1.31. The molecule has 1 unspecified atom stereocenters. The molecular weight excluding hydrogens is 958 g/mol. The number of halogens is 1. The molecule has 1 aliphatic rings. The van der Waals surface area contributed by atoms with Gasteiger partial charge in [0, 0.05) is 50.6 Å². The topological polar surface area (TPSA) is 222 Å². The monoisotopic (exact) mass is 1040 g/mol. The van der Waals surface area contributed by atoms with E-state index in [0.29, 0.717) is 29.1 Å². The fraction of sp³-hybridized carbons (Fsp3) is 0.667. The number of esters is 2. The number of carbonyl (C=O) groups is 8. The first-order valence-electron chi connectivity index (χ1n) is 25.7. The Morgan fingerprint density at radius 3 is 2.15 bits per heavy atom. The predicted octanol–water partition coefficient (Wildman–Crippen LogP) is 5.15. The maximum atomic E-state index is 14.3. The van der Waals surface area contributed by atoms with Gasteiger partial charge in [0.25, 0.3) is 5.91 Å². The number of hydrogen-bond acceptors (Lipinski definition) is 12. The fourth-order valence-corrected chi connectivity index (χ4v) is 8.31. The molecule has 1 heterocycles. The largest absolute Gasteiger partial charge is 0.456 e. The highest BCUT2D eigenvalue weighted by Gasteiger charge is 2.37. The number of carbonyl (C=O) groups excluding carboxylic acids is 8. The number of unbranched alkanes of at least 4 members (excludes halogenated alkanes) is 3. The minimum Gasteiger partial charge on any atom is -0.456 e. The van der Waals surface area contributed by atoms with E-state index in [1.165, 1.54) is 39.8 Å². The van der Waals surface area contributed by atoms with Crippen LogP contribution in [0.1, 0.15) is 120 Å². The van der Waals surface area contributed by atoms with Crippen molar-refractivity contribution in [2.45, 2.75) is 163 Å². The molecule has 0 saturated carbocycles. The molecular formula is C54H86ClN7O11. The Morgan fingerprint density at radius 1 is 0.918 bits per heavy atom. The lowest BCUT2D eigenvalue weighted by Gasteiger charge is -2.33. The second kappa shape index (κ2) is 32.1. The van der Waals surface area contributed by atoms with Gasteiger partial charge in [-0.1, -0.05) is 89.8 Å². The van der Waals surface area contributed by atoms with Crippen molar-refractivity contribution in [2.75, 3.05) is 54.4 Å². The van der Waals surface area contributed by atoms with Crippen LogP contribution in [0.15, 0.2) is 47.6 Å². The van der Waals surface area contributed by atoms with E-state index < -0.39 is 102 Å². The number of ether oxygens (including phenoxy) is 3. The summed E-state index contributed by atoms with van der Waals surface area (Å²) in [6.45, 7) is 17.8. The molecule has 2 rings (SSSR count).